The first kappa shape index (κ1) is 17.9. The van der Waals surface area contributed by atoms with Crippen molar-refractivity contribution in [2.24, 2.45) is 0 Å². The number of piperazine rings is 1. The van der Waals surface area contributed by atoms with Crippen LogP contribution in [-0.4, -0.2) is 59.5 Å². The maximum absolute atomic E-state index is 12.8. The van der Waals surface area contributed by atoms with Crippen LogP contribution < -0.4 is 10.2 Å². The Morgan fingerprint density at radius 1 is 1.22 bits per heavy atom. The van der Waals surface area contributed by atoms with Gasteiger partial charge in [-0.3, -0.25) is 4.79 Å². The largest absolute Gasteiger partial charge is 0.353 e. The maximum Gasteiger partial charge on any atom is 0.256 e. The van der Waals surface area contributed by atoms with Crippen LogP contribution in [0.5, 0.6) is 0 Å². The Hall–Kier alpha value is -2.47. The predicted molar refractivity (Wildman–Crippen MR) is 107 cm³/mol. The third-order valence-corrected chi connectivity index (χ3v) is 5.32. The van der Waals surface area contributed by atoms with Gasteiger partial charge in [0.25, 0.3) is 5.91 Å². The normalized spacial score (nSPS) is 17.8. The highest BCUT2D eigenvalue weighted by molar-refractivity contribution is 5.99. The molecule has 1 amide bonds. The molecule has 1 aromatic heterocycles. The predicted octanol–water partition coefficient (Wildman–Crippen LogP) is 2.49. The number of aryl methyl sites for hydroxylation is 1. The van der Waals surface area contributed by atoms with Gasteiger partial charge in [-0.15, -0.1) is 0 Å². The van der Waals surface area contributed by atoms with Crippen LogP contribution in [0.3, 0.4) is 0 Å². The van der Waals surface area contributed by atoms with Crippen LogP contribution >= 0.6 is 0 Å². The summed E-state index contributed by atoms with van der Waals surface area (Å²) in [5.41, 5.74) is 2.74. The minimum absolute atomic E-state index is 0.0544. The van der Waals surface area contributed by atoms with Crippen molar-refractivity contribution in [3.8, 4) is 11.4 Å². The van der Waals surface area contributed by atoms with E-state index in [0.29, 0.717) is 17.4 Å². The topological polar surface area (TPSA) is 61.4 Å². The van der Waals surface area contributed by atoms with E-state index in [1.807, 2.05) is 12.1 Å². The SMILES string of the molecule is CCN1CCN(c2nc(-c3cccc(C)c3)ncc2C(=O)NC2CC2)CC1. The summed E-state index contributed by atoms with van der Waals surface area (Å²) in [4.78, 5) is 26.8. The molecule has 2 heterocycles. The van der Waals surface area contributed by atoms with Crippen LogP contribution in [0.1, 0.15) is 35.7 Å². The molecule has 2 aromatic rings. The van der Waals surface area contributed by atoms with Gasteiger partial charge in [-0.2, -0.15) is 0 Å². The highest BCUT2D eigenvalue weighted by Gasteiger charge is 2.28. The third-order valence-electron chi connectivity index (χ3n) is 5.32. The second-order valence-electron chi connectivity index (χ2n) is 7.47. The molecule has 0 unspecified atom stereocenters. The molecule has 27 heavy (non-hydrogen) atoms. The molecule has 1 saturated carbocycles. The van der Waals surface area contributed by atoms with Gasteiger partial charge < -0.3 is 15.1 Å². The number of anilines is 1. The molecular weight excluding hydrogens is 338 g/mol. The number of carbonyl (C=O) groups excluding carboxylic acids is 1. The Morgan fingerprint density at radius 2 is 2.00 bits per heavy atom. The van der Waals surface area contributed by atoms with Gasteiger partial charge in [-0.1, -0.05) is 30.7 Å². The number of carbonyl (C=O) groups is 1. The molecule has 0 spiro atoms. The zero-order valence-corrected chi connectivity index (χ0v) is 16.1. The van der Waals surface area contributed by atoms with Crippen molar-refractivity contribution in [2.75, 3.05) is 37.6 Å². The molecule has 142 valence electrons. The molecule has 0 radical (unpaired) electrons. The fourth-order valence-electron chi connectivity index (χ4n) is 3.46. The highest BCUT2D eigenvalue weighted by Crippen LogP contribution is 2.26. The summed E-state index contributed by atoms with van der Waals surface area (Å²) in [7, 11) is 0. The molecule has 0 atom stereocenters. The fraction of sp³-hybridized carbons (Fsp3) is 0.476. The summed E-state index contributed by atoms with van der Waals surface area (Å²) in [6.45, 7) is 9.04. The molecule has 2 aliphatic rings. The summed E-state index contributed by atoms with van der Waals surface area (Å²) in [5.74, 6) is 1.38. The number of nitrogens with one attached hydrogen (secondary N) is 1. The van der Waals surface area contributed by atoms with E-state index in [-0.39, 0.29) is 5.91 Å². The average Bonchev–Trinajstić information content (AvgIpc) is 3.51. The van der Waals surface area contributed by atoms with Crippen molar-refractivity contribution < 1.29 is 4.79 Å². The summed E-state index contributed by atoms with van der Waals surface area (Å²) >= 11 is 0. The first-order valence-electron chi connectivity index (χ1n) is 9.86. The zero-order valence-electron chi connectivity index (χ0n) is 16.1. The summed E-state index contributed by atoms with van der Waals surface area (Å²) in [6.07, 6.45) is 3.83. The molecular formula is C21H27N5O. The van der Waals surface area contributed by atoms with Crippen LogP contribution in [0.15, 0.2) is 30.5 Å². The zero-order chi connectivity index (χ0) is 18.8. The van der Waals surface area contributed by atoms with Crippen LogP contribution in [-0.2, 0) is 0 Å². The summed E-state index contributed by atoms with van der Waals surface area (Å²) in [6, 6.07) is 8.50. The smallest absolute Gasteiger partial charge is 0.256 e. The Morgan fingerprint density at radius 3 is 2.67 bits per heavy atom. The Balaban J connectivity index is 1.67. The number of amides is 1. The summed E-state index contributed by atoms with van der Waals surface area (Å²) in [5, 5.41) is 3.08. The third kappa shape index (κ3) is 4.11. The quantitative estimate of drug-likeness (QED) is 0.882. The molecule has 1 N–H and O–H groups in total. The molecule has 2 fully saturated rings. The van der Waals surface area contributed by atoms with Crippen LogP contribution in [0, 0.1) is 6.92 Å². The lowest BCUT2D eigenvalue weighted by Gasteiger charge is -2.35. The first-order valence-corrected chi connectivity index (χ1v) is 9.86. The van der Waals surface area contributed by atoms with E-state index in [2.05, 4.69) is 46.1 Å². The number of benzene rings is 1. The van der Waals surface area contributed by atoms with Gasteiger partial charge in [0.2, 0.25) is 0 Å². The number of rotatable bonds is 5. The number of nitrogens with zero attached hydrogens (tertiary/aromatic N) is 4. The fourth-order valence-corrected chi connectivity index (χ4v) is 3.46. The van der Waals surface area contributed by atoms with Gasteiger partial charge in [-0.25, -0.2) is 9.97 Å². The summed E-state index contributed by atoms with van der Waals surface area (Å²) < 4.78 is 0. The van der Waals surface area contributed by atoms with E-state index in [4.69, 9.17) is 4.98 Å². The molecule has 1 aliphatic heterocycles. The molecule has 4 rings (SSSR count). The van der Waals surface area contributed by atoms with Gasteiger partial charge in [0.15, 0.2) is 5.82 Å². The number of hydrogen-bond donors (Lipinski definition) is 1. The minimum Gasteiger partial charge on any atom is -0.353 e. The van der Waals surface area contributed by atoms with Crippen molar-refractivity contribution in [1.82, 2.24) is 20.2 Å². The van der Waals surface area contributed by atoms with Gasteiger partial charge in [0, 0.05) is 44.0 Å². The monoisotopic (exact) mass is 365 g/mol. The molecule has 1 saturated heterocycles. The lowest BCUT2D eigenvalue weighted by atomic mass is 10.1. The first-order chi connectivity index (χ1) is 13.1. The van der Waals surface area contributed by atoms with Crippen LogP contribution in [0.4, 0.5) is 5.82 Å². The van der Waals surface area contributed by atoms with Crippen molar-refractivity contribution in [3.63, 3.8) is 0 Å². The second-order valence-corrected chi connectivity index (χ2v) is 7.47. The van der Waals surface area contributed by atoms with Crippen LogP contribution in [0.2, 0.25) is 0 Å². The van der Waals surface area contributed by atoms with E-state index >= 15 is 0 Å². The average molecular weight is 365 g/mol. The van der Waals surface area contributed by atoms with Gasteiger partial charge in [-0.05, 0) is 32.4 Å². The van der Waals surface area contributed by atoms with E-state index in [0.717, 1.165) is 56.9 Å². The lowest BCUT2D eigenvalue weighted by Crippen LogP contribution is -2.47. The van der Waals surface area contributed by atoms with Gasteiger partial charge >= 0.3 is 0 Å². The van der Waals surface area contributed by atoms with Gasteiger partial charge in [0.05, 0.1) is 0 Å². The van der Waals surface area contributed by atoms with E-state index in [1.54, 1.807) is 6.20 Å². The molecule has 1 aromatic carbocycles. The van der Waals surface area contributed by atoms with Gasteiger partial charge in [0.1, 0.15) is 11.4 Å². The second kappa shape index (κ2) is 7.64. The van der Waals surface area contributed by atoms with E-state index < -0.39 is 0 Å². The van der Waals surface area contributed by atoms with Crippen molar-refractivity contribution in [3.05, 3.63) is 41.6 Å². The minimum atomic E-state index is -0.0544. The molecule has 1 aliphatic carbocycles. The lowest BCUT2D eigenvalue weighted by molar-refractivity contribution is 0.0950. The maximum atomic E-state index is 12.8. The Labute approximate surface area is 160 Å². The molecule has 6 heteroatoms. The molecule has 6 nitrogen and oxygen atoms in total. The number of hydrogen-bond acceptors (Lipinski definition) is 5. The number of aromatic nitrogens is 2. The van der Waals surface area contributed by atoms with Crippen LogP contribution in [0.25, 0.3) is 11.4 Å². The van der Waals surface area contributed by atoms with Crippen molar-refractivity contribution in [2.45, 2.75) is 32.7 Å². The standard InChI is InChI=1S/C21H27N5O/c1-3-25-9-11-26(12-10-25)20-18(21(27)23-17-7-8-17)14-22-19(24-20)16-6-4-5-15(2)13-16/h4-6,13-14,17H,3,7-12H2,1-2H3,(H,23,27). The molecule has 0 bridgehead atoms. The Kier molecular flexibility index (Phi) is 5.07. The van der Waals surface area contributed by atoms with E-state index in [9.17, 15) is 4.79 Å². The highest BCUT2D eigenvalue weighted by atomic mass is 16.1. The van der Waals surface area contributed by atoms with E-state index in [1.165, 1.54) is 5.56 Å². The Bertz CT molecular complexity index is 825. The number of likely N-dealkylation sites (N-methyl/N-ethyl adjacent to an activating group) is 1. The van der Waals surface area contributed by atoms with Crippen molar-refractivity contribution >= 4 is 11.7 Å². The van der Waals surface area contributed by atoms with Crippen molar-refractivity contribution in [1.29, 1.82) is 0 Å².